The molecule has 0 saturated heterocycles. The highest BCUT2D eigenvalue weighted by atomic mass is 16.3. The summed E-state index contributed by atoms with van der Waals surface area (Å²) in [5.74, 6) is 6.49. The number of furan rings is 1. The summed E-state index contributed by atoms with van der Waals surface area (Å²) in [4.78, 5) is 11.8. The molecule has 0 aliphatic rings. The first-order valence-electron chi connectivity index (χ1n) is 5.01. The van der Waals surface area contributed by atoms with Crippen LogP contribution in [0.3, 0.4) is 0 Å². The molecule has 0 radical (unpaired) electrons. The van der Waals surface area contributed by atoms with Crippen molar-refractivity contribution >= 4 is 0 Å². The topological polar surface area (TPSA) is 86.9 Å². The summed E-state index contributed by atoms with van der Waals surface area (Å²) in [6, 6.07) is 3.32. The molecule has 0 amide bonds. The molecule has 0 spiro atoms. The van der Waals surface area contributed by atoms with E-state index in [1.165, 1.54) is 6.26 Å². The van der Waals surface area contributed by atoms with Crippen molar-refractivity contribution in [1.29, 1.82) is 0 Å². The minimum Gasteiger partial charge on any atom is -0.462 e. The molecule has 0 saturated carbocycles. The predicted octanol–water partition coefficient (Wildman–Crippen LogP) is 0.565. The average Bonchev–Trinajstić information content (AvgIpc) is 2.79. The summed E-state index contributed by atoms with van der Waals surface area (Å²) < 4.78 is 6.11. The largest absolute Gasteiger partial charge is 0.462 e. The van der Waals surface area contributed by atoms with Gasteiger partial charge in [-0.25, -0.2) is 4.68 Å². The smallest absolute Gasteiger partial charge is 0.302 e. The van der Waals surface area contributed by atoms with Crippen LogP contribution in [0, 0.1) is 0 Å². The van der Waals surface area contributed by atoms with Gasteiger partial charge in [0.1, 0.15) is 0 Å². The maximum atomic E-state index is 11.8. The molecule has 16 heavy (non-hydrogen) atoms. The van der Waals surface area contributed by atoms with Crippen molar-refractivity contribution in [2.75, 3.05) is 5.84 Å². The van der Waals surface area contributed by atoms with Gasteiger partial charge in [0.2, 0.25) is 0 Å². The number of nitrogens with two attached hydrogens (primary N) is 1. The van der Waals surface area contributed by atoms with E-state index in [0.29, 0.717) is 18.0 Å². The van der Waals surface area contributed by atoms with Crippen molar-refractivity contribution in [3.8, 4) is 11.5 Å². The van der Waals surface area contributed by atoms with Gasteiger partial charge in [-0.15, -0.1) is 10.2 Å². The Morgan fingerprint density at radius 2 is 2.31 bits per heavy atom. The van der Waals surface area contributed by atoms with E-state index in [1.54, 1.807) is 12.1 Å². The van der Waals surface area contributed by atoms with Gasteiger partial charge in [0.15, 0.2) is 17.3 Å². The Kier molecular flexibility index (Phi) is 2.72. The zero-order chi connectivity index (χ0) is 11.5. The van der Waals surface area contributed by atoms with E-state index in [4.69, 9.17) is 10.3 Å². The molecule has 84 valence electrons. The van der Waals surface area contributed by atoms with E-state index in [9.17, 15) is 4.79 Å². The van der Waals surface area contributed by atoms with Gasteiger partial charge in [-0.3, -0.25) is 4.79 Å². The van der Waals surface area contributed by atoms with Crippen molar-refractivity contribution in [3.63, 3.8) is 0 Å². The maximum absolute atomic E-state index is 11.8. The first-order valence-corrected chi connectivity index (χ1v) is 5.01. The third-order valence-electron chi connectivity index (χ3n) is 2.19. The maximum Gasteiger partial charge on any atom is 0.302 e. The third-order valence-corrected chi connectivity index (χ3v) is 2.19. The summed E-state index contributed by atoms with van der Waals surface area (Å²) in [6.07, 6.45) is 2.94. The van der Waals surface area contributed by atoms with Crippen molar-refractivity contribution in [3.05, 3.63) is 34.6 Å². The fraction of sp³-hybridized carbons (Fsp3) is 0.300. The van der Waals surface area contributed by atoms with Crippen LogP contribution < -0.4 is 11.4 Å². The molecule has 2 N–H and O–H groups in total. The second kappa shape index (κ2) is 4.18. The highest BCUT2D eigenvalue weighted by Gasteiger charge is 2.13. The molecule has 2 rings (SSSR count). The van der Waals surface area contributed by atoms with Crippen LogP contribution in [0.5, 0.6) is 0 Å². The van der Waals surface area contributed by atoms with Crippen LogP contribution in [0.1, 0.15) is 19.2 Å². The summed E-state index contributed by atoms with van der Waals surface area (Å²) in [5, 5.41) is 7.76. The lowest BCUT2D eigenvalue weighted by Crippen LogP contribution is -2.33. The average molecular weight is 220 g/mol. The lowest BCUT2D eigenvalue weighted by molar-refractivity contribution is 0.573. The molecule has 0 aromatic carbocycles. The molecule has 2 heterocycles. The molecule has 0 bridgehead atoms. The second-order valence-corrected chi connectivity index (χ2v) is 3.37. The quantitative estimate of drug-likeness (QED) is 0.764. The van der Waals surface area contributed by atoms with Gasteiger partial charge >= 0.3 is 5.56 Å². The number of rotatable bonds is 3. The van der Waals surface area contributed by atoms with E-state index < -0.39 is 5.56 Å². The lowest BCUT2D eigenvalue weighted by Gasteiger charge is -2.05. The molecule has 6 nitrogen and oxygen atoms in total. The summed E-state index contributed by atoms with van der Waals surface area (Å²) in [7, 11) is 0. The molecule has 0 atom stereocenters. The molecule has 0 unspecified atom stereocenters. The van der Waals surface area contributed by atoms with E-state index in [-0.39, 0.29) is 5.69 Å². The number of aryl methyl sites for hydroxylation is 1. The molecule has 0 aliphatic heterocycles. The van der Waals surface area contributed by atoms with E-state index in [0.717, 1.165) is 11.1 Å². The first-order chi connectivity index (χ1) is 7.74. The van der Waals surface area contributed by atoms with Crippen molar-refractivity contribution < 1.29 is 4.42 Å². The highest BCUT2D eigenvalue weighted by Crippen LogP contribution is 2.11. The fourth-order valence-electron chi connectivity index (χ4n) is 1.39. The van der Waals surface area contributed by atoms with Crippen LogP contribution in [0.2, 0.25) is 0 Å². The van der Waals surface area contributed by atoms with Gasteiger partial charge in [0, 0.05) is 6.42 Å². The Hall–Kier alpha value is -2.11. The third kappa shape index (κ3) is 1.69. The molecule has 0 aliphatic carbocycles. The molecular weight excluding hydrogens is 208 g/mol. The minimum absolute atomic E-state index is 0.132. The van der Waals surface area contributed by atoms with E-state index >= 15 is 0 Å². The van der Waals surface area contributed by atoms with Gasteiger partial charge in [-0.05, 0) is 18.6 Å². The standard InChI is InChI=1S/C10H12N4O2/c1-2-4-8-12-13-9(10(15)14(8)11)7-5-3-6-16-7/h3,5-6H,2,4,11H2,1H3. The molecule has 2 aromatic rings. The van der Waals surface area contributed by atoms with E-state index in [2.05, 4.69) is 10.2 Å². The molecule has 6 heteroatoms. The van der Waals surface area contributed by atoms with Gasteiger partial charge < -0.3 is 10.3 Å². The summed E-state index contributed by atoms with van der Waals surface area (Å²) in [5.41, 5.74) is -0.263. The van der Waals surface area contributed by atoms with Gasteiger partial charge in [0.25, 0.3) is 0 Å². The van der Waals surface area contributed by atoms with Crippen molar-refractivity contribution in [2.45, 2.75) is 19.8 Å². The Morgan fingerprint density at radius 1 is 1.50 bits per heavy atom. The van der Waals surface area contributed by atoms with Crippen molar-refractivity contribution in [2.24, 2.45) is 0 Å². The number of aromatic nitrogens is 3. The Bertz CT molecular complexity index is 530. The van der Waals surface area contributed by atoms with Gasteiger partial charge in [-0.1, -0.05) is 6.92 Å². The van der Waals surface area contributed by atoms with Gasteiger partial charge in [0.05, 0.1) is 6.26 Å². The predicted molar refractivity (Wildman–Crippen MR) is 58.1 cm³/mol. The van der Waals surface area contributed by atoms with E-state index in [1.807, 2.05) is 6.92 Å². The van der Waals surface area contributed by atoms with Crippen LogP contribution in [-0.2, 0) is 6.42 Å². The highest BCUT2D eigenvalue weighted by molar-refractivity contribution is 5.49. The first kappa shape index (κ1) is 10.4. The van der Waals surface area contributed by atoms with Crippen LogP contribution in [0.25, 0.3) is 11.5 Å². The minimum atomic E-state index is -0.395. The zero-order valence-corrected chi connectivity index (χ0v) is 8.88. The number of hydrogen-bond acceptors (Lipinski definition) is 5. The Balaban J connectivity index is 2.52. The lowest BCUT2D eigenvalue weighted by atomic mass is 10.3. The summed E-state index contributed by atoms with van der Waals surface area (Å²) >= 11 is 0. The molecular formula is C10H12N4O2. The summed E-state index contributed by atoms with van der Waals surface area (Å²) in [6.45, 7) is 1.98. The Labute approximate surface area is 91.7 Å². The van der Waals surface area contributed by atoms with Crippen LogP contribution in [0.4, 0.5) is 0 Å². The van der Waals surface area contributed by atoms with Crippen LogP contribution >= 0.6 is 0 Å². The second-order valence-electron chi connectivity index (χ2n) is 3.37. The molecule has 2 aromatic heterocycles. The zero-order valence-electron chi connectivity index (χ0n) is 8.88. The number of nitrogen functional groups attached to an aromatic ring is 1. The van der Waals surface area contributed by atoms with Gasteiger partial charge in [-0.2, -0.15) is 0 Å². The van der Waals surface area contributed by atoms with Crippen LogP contribution in [-0.4, -0.2) is 14.9 Å². The monoisotopic (exact) mass is 220 g/mol. The Morgan fingerprint density at radius 3 is 2.94 bits per heavy atom. The van der Waals surface area contributed by atoms with Crippen LogP contribution in [0.15, 0.2) is 27.6 Å². The number of hydrogen-bond donors (Lipinski definition) is 1. The number of nitrogens with zero attached hydrogens (tertiary/aromatic N) is 3. The SMILES string of the molecule is CCCc1nnc(-c2ccco2)c(=O)n1N. The fourth-order valence-corrected chi connectivity index (χ4v) is 1.39. The van der Waals surface area contributed by atoms with Crippen molar-refractivity contribution in [1.82, 2.24) is 14.9 Å². The normalized spacial score (nSPS) is 10.6. The molecule has 0 fully saturated rings.